The van der Waals surface area contributed by atoms with E-state index in [1.165, 1.54) is 18.2 Å². The molecule has 4 nitrogen and oxygen atoms in total. The predicted molar refractivity (Wildman–Crippen MR) is 74.8 cm³/mol. The van der Waals surface area contributed by atoms with Crippen molar-refractivity contribution in [1.29, 1.82) is 0 Å². The van der Waals surface area contributed by atoms with E-state index in [0.29, 0.717) is 12.1 Å². The number of hydrogen-bond acceptors (Lipinski definition) is 3. The molecule has 1 aromatic heterocycles. The van der Waals surface area contributed by atoms with Crippen LogP contribution in [0, 0.1) is 11.6 Å². The number of aromatic carboxylic acids is 1. The second-order valence-corrected chi connectivity index (χ2v) is 4.51. The molecule has 1 aromatic carbocycles. The van der Waals surface area contributed by atoms with Crippen molar-refractivity contribution in [3.05, 3.63) is 53.2 Å². The molecule has 0 aliphatic rings. The minimum Gasteiger partial charge on any atom is -0.478 e. The van der Waals surface area contributed by atoms with Crippen molar-refractivity contribution in [2.75, 3.05) is 5.32 Å². The molecule has 21 heavy (non-hydrogen) atoms. The molecule has 6 heteroatoms. The summed E-state index contributed by atoms with van der Waals surface area (Å²) in [4.78, 5) is 15.3. The van der Waals surface area contributed by atoms with Crippen LogP contribution in [0.2, 0.25) is 0 Å². The maximum Gasteiger partial charge on any atom is 0.335 e. The molecule has 0 bridgehead atoms. The zero-order valence-electron chi connectivity index (χ0n) is 11.4. The lowest BCUT2D eigenvalue weighted by atomic mass is 10.1. The Kier molecular flexibility index (Phi) is 4.47. The number of nitrogens with one attached hydrogen (secondary N) is 1. The molecule has 1 heterocycles. The minimum absolute atomic E-state index is 0.0210. The first-order valence-electron chi connectivity index (χ1n) is 6.46. The number of carboxylic acids is 1. The molecule has 0 aliphatic carbocycles. The first kappa shape index (κ1) is 14.9. The smallest absolute Gasteiger partial charge is 0.335 e. The third-order valence-corrected chi connectivity index (χ3v) is 2.85. The first-order valence-corrected chi connectivity index (χ1v) is 6.46. The quantitative estimate of drug-likeness (QED) is 0.881. The average Bonchev–Trinajstić information content (AvgIpc) is 2.43. The summed E-state index contributed by atoms with van der Waals surface area (Å²) < 4.78 is 27.2. The summed E-state index contributed by atoms with van der Waals surface area (Å²) >= 11 is 0. The minimum atomic E-state index is -1.12. The molecule has 0 unspecified atom stereocenters. The van der Waals surface area contributed by atoms with Gasteiger partial charge < -0.3 is 10.4 Å². The fourth-order valence-corrected chi connectivity index (χ4v) is 1.90. The van der Waals surface area contributed by atoms with Gasteiger partial charge in [0.25, 0.3) is 0 Å². The summed E-state index contributed by atoms with van der Waals surface area (Å²) in [7, 11) is 0. The maximum absolute atomic E-state index is 13.6. The van der Waals surface area contributed by atoms with Crippen LogP contribution in [0.5, 0.6) is 0 Å². The number of benzene rings is 1. The van der Waals surface area contributed by atoms with Gasteiger partial charge in [0.05, 0.1) is 5.56 Å². The van der Waals surface area contributed by atoms with E-state index in [9.17, 15) is 13.6 Å². The lowest BCUT2D eigenvalue weighted by Crippen LogP contribution is -2.05. The van der Waals surface area contributed by atoms with E-state index in [1.807, 2.05) is 6.92 Å². The van der Waals surface area contributed by atoms with Crippen molar-refractivity contribution in [3.63, 3.8) is 0 Å². The fraction of sp³-hybridized carbons (Fsp3) is 0.200. The van der Waals surface area contributed by atoms with Gasteiger partial charge in [0, 0.05) is 5.69 Å². The number of carbonyl (C=O) groups is 1. The first-order chi connectivity index (χ1) is 10.0. The highest BCUT2D eigenvalue weighted by Crippen LogP contribution is 2.23. The van der Waals surface area contributed by atoms with Gasteiger partial charge in [-0.25, -0.2) is 18.6 Å². The number of anilines is 2. The molecule has 0 aliphatic heterocycles. The lowest BCUT2D eigenvalue weighted by molar-refractivity contribution is 0.0696. The van der Waals surface area contributed by atoms with Crippen LogP contribution in [0.15, 0.2) is 30.3 Å². The van der Waals surface area contributed by atoms with E-state index in [2.05, 4.69) is 10.3 Å². The SMILES string of the molecule is CCCc1cc(C(=O)O)cc(Nc2c(F)cccc2F)n1. The van der Waals surface area contributed by atoms with Crippen LogP contribution < -0.4 is 5.32 Å². The lowest BCUT2D eigenvalue weighted by Gasteiger charge is -2.10. The second kappa shape index (κ2) is 6.30. The molecule has 0 saturated heterocycles. The van der Waals surface area contributed by atoms with Gasteiger partial charge in [-0.05, 0) is 30.7 Å². The molecule has 0 radical (unpaired) electrons. The molecular formula is C15H14F2N2O2. The number of nitrogens with zero attached hydrogens (tertiary/aromatic N) is 1. The summed E-state index contributed by atoms with van der Waals surface area (Å²) in [5.41, 5.74) is 0.222. The van der Waals surface area contributed by atoms with Gasteiger partial charge in [-0.3, -0.25) is 0 Å². The highest BCUT2D eigenvalue weighted by atomic mass is 19.1. The van der Waals surface area contributed by atoms with Crippen LogP contribution in [0.25, 0.3) is 0 Å². The topological polar surface area (TPSA) is 62.2 Å². The van der Waals surface area contributed by atoms with Crippen LogP contribution in [-0.2, 0) is 6.42 Å². The predicted octanol–water partition coefficient (Wildman–Crippen LogP) is 3.75. The Morgan fingerprint density at radius 1 is 1.29 bits per heavy atom. The van der Waals surface area contributed by atoms with Crippen molar-refractivity contribution >= 4 is 17.5 Å². The molecule has 0 spiro atoms. The summed E-state index contributed by atoms with van der Waals surface area (Å²) in [6.07, 6.45) is 1.36. The maximum atomic E-state index is 13.6. The number of halogens is 2. The number of aromatic nitrogens is 1. The molecule has 0 fully saturated rings. The van der Waals surface area contributed by atoms with Gasteiger partial charge >= 0.3 is 5.97 Å². The zero-order valence-corrected chi connectivity index (χ0v) is 11.4. The van der Waals surface area contributed by atoms with E-state index in [-0.39, 0.29) is 17.1 Å². The van der Waals surface area contributed by atoms with Gasteiger partial charge in [0.1, 0.15) is 23.1 Å². The Labute approximate surface area is 120 Å². The van der Waals surface area contributed by atoms with Gasteiger partial charge in [-0.15, -0.1) is 0 Å². The van der Waals surface area contributed by atoms with Gasteiger partial charge in [0.15, 0.2) is 0 Å². The summed E-state index contributed by atoms with van der Waals surface area (Å²) in [6, 6.07) is 6.17. The standard InChI is InChI=1S/C15H14F2N2O2/c1-2-4-10-7-9(15(20)21)8-13(18-10)19-14-11(16)5-3-6-12(14)17/h3,5-8H,2,4H2,1H3,(H,18,19)(H,20,21). The summed E-state index contributed by atoms with van der Waals surface area (Å²) in [6.45, 7) is 1.93. The van der Waals surface area contributed by atoms with E-state index >= 15 is 0 Å². The normalized spacial score (nSPS) is 10.4. The Morgan fingerprint density at radius 2 is 1.95 bits per heavy atom. The molecule has 0 amide bonds. The molecule has 0 atom stereocenters. The van der Waals surface area contributed by atoms with Crippen molar-refractivity contribution in [1.82, 2.24) is 4.98 Å². The van der Waals surface area contributed by atoms with Crippen LogP contribution in [0.3, 0.4) is 0 Å². The highest BCUT2D eigenvalue weighted by molar-refractivity contribution is 5.88. The Hall–Kier alpha value is -2.50. The highest BCUT2D eigenvalue weighted by Gasteiger charge is 2.12. The van der Waals surface area contributed by atoms with Crippen molar-refractivity contribution in [2.45, 2.75) is 19.8 Å². The molecule has 0 saturated carbocycles. The van der Waals surface area contributed by atoms with E-state index in [0.717, 1.165) is 18.6 Å². The van der Waals surface area contributed by atoms with Crippen LogP contribution in [0.1, 0.15) is 29.4 Å². The molecule has 110 valence electrons. The molecular weight excluding hydrogens is 278 g/mol. The third-order valence-electron chi connectivity index (χ3n) is 2.85. The zero-order chi connectivity index (χ0) is 15.4. The number of carboxylic acid groups (broad SMARTS) is 1. The van der Waals surface area contributed by atoms with E-state index in [4.69, 9.17) is 5.11 Å². The van der Waals surface area contributed by atoms with E-state index in [1.54, 1.807) is 0 Å². The van der Waals surface area contributed by atoms with Crippen LogP contribution in [0.4, 0.5) is 20.3 Å². The summed E-state index contributed by atoms with van der Waals surface area (Å²) in [5.74, 6) is -2.56. The average molecular weight is 292 g/mol. The number of para-hydroxylation sites is 1. The van der Waals surface area contributed by atoms with Gasteiger partial charge in [-0.2, -0.15) is 0 Å². The fourth-order valence-electron chi connectivity index (χ4n) is 1.90. The third kappa shape index (κ3) is 3.53. The van der Waals surface area contributed by atoms with Crippen molar-refractivity contribution in [3.8, 4) is 0 Å². The second-order valence-electron chi connectivity index (χ2n) is 4.51. The number of rotatable bonds is 5. The largest absolute Gasteiger partial charge is 0.478 e. The van der Waals surface area contributed by atoms with Crippen LogP contribution >= 0.6 is 0 Å². The van der Waals surface area contributed by atoms with Crippen molar-refractivity contribution in [2.24, 2.45) is 0 Å². The molecule has 2 aromatic rings. The Morgan fingerprint density at radius 3 is 2.52 bits per heavy atom. The molecule has 2 rings (SSSR count). The van der Waals surface area contributed by atoms with Crippen molar-refractivity contribution < 1.29 is 18.7 Å². The van der Waals surface area contributed by atoms with Gasteiger partial charge in [-0.1, -0.05) is 19.4 Å². The van der Waals surface area contributed by atoms with E-state index < -0.39 is 17.6 Å². The number of pyridine rings is 1. The molecule has 2 N–H and O–H groups in total. The van der Waals surface area contributed by atoms with Crippen LogP contribution in [-0.4, -0.2) is 16.1 Å². The van der Waals surface area contributed by atoms with Gasteiger partial charge in [0.2, 0.25) is 0 Å². The number of hydrogen-bond donors (Lipinski definition) is 2. The Bertz CT molecular complexity index is 654. The Balaban J connectivity index is 2.41. The number of aryl methyl sites for hydroxylation is 1. The summed E-state index contributed by atoms with van der Waals surface area (Å²) in [5, 5.41) is 11.6. The monoisotopic (exact) mass is 292 g/mol.